The largest absolute Gasteiger partial charge is 0.458 e. The van der Waals surface area contributed by atoms with E-state index in [9.17, 15) is 8.42 Å². The van der Waals surface area contributed by atoms with E-state index in [1.807, 2.05) is 19.9 Å². The lowest BCUT2D eigenvalue weighted by atomic mass is 10.00. The van der Waals surface area contributed by atoms with E-state index < -0.39 is 10.0 Å². The maximum atomic E-state index is 13.3. The van der Waals surface area contributed by atoms with Crippen molar-refractivity contribution in [3.63, 3.8) is 0 Å². The number of hydrogen-bond donors (Lipinski definition) is 0. The van der Waals surface area contributed by atoms with Crippen LogP contribution in [0.3, 0.4) is 0 Å². The van der Waals surface area contributed by atoms with Crippen LogP contribution in [0.15, 0.2) is 50.5 Å². The predicted molar refractivity (Wildman–Crippen MR) is 111 cm³/mol. The summed E-state index contributed by atoms with van der Waals surface area (Å²) in [6.07, 6.45) is 2.93. The standard InChI is InChI=1S/C20H21N7O4S/c1-13-10-16(6-7-17(13)27-12-21-24-25-27)32(28,29)26-9-3-4-15(11-26)20-22-19(23-31-20)18-8-5-14(2)30-18/h5-8,10,12,15H,3-4,9,11H2,1-2H3/t15-/m0/s1. The molecule has 0 unspecified atom stereocenters. The molecule has 0 aliphatic carbocycles. The molecule has 12 heteroatoms. The molecule has 11 nitrogen and oxygen atoms in total. The second-order valence-corrected chi connectivity index (χ2v) is 9.71. The van der Waals surface area contributed by atoms with Crippen LogP contribution in [0.5, 0.6) is 0 Å². The molecule has 0 radical (unpaired) electrons. The Labute approximate surface area is 184 Å². The number of furan rings is 1. The van der Waals surface area contributed by atoms with Crippen molar-refractivity contribution in [2.24, 2.45) is 0 Å². The molecule has 0 N–H and O–H groups in total. The summed E-state index contributed by atoms with van der Waals surface area (Å²) in [5, 5.41) is 15.1. The summed E-state index contributed by atoms with van der Waals surface area (Å²) in [5.74, 6) is 1.87. The first-order valence-electron chi connectivity index (χ1n) is 10.2. The van der Waals surface area contributed by atoms with Crippen LogP contribution in [0.1, 0.15) is 36.0 Å². The van der Waals surface area contributed by atoms with Gasteiger partial charge in [0.25, 0.3) is 0 Å². The Bertz CT molecular complexity index is 1340. The van der Waals surface area contributed by atoms with Crippen LogP contribution in [0.4, 0.5) is 0 Å². The van der Waals surface area contributed by atoms with Crippen LogP contribution in [0.25, 0.3) is 17.3 Å². The van der Waals surface area contributed by atoms with Crippen molar-refractivity contribution in [1.82, 2.24) is 34.7 Å². The molecule has 0 spiro atoms. The Morgan fingerprint density at radius 3 is 2.75 bits per heavy atom. The van der Waals surface area contributed by atoms with Gasteiger partial charge in [0.1, 0.15) is 12.1 Å². The third kappa shape index (κ3) is 3.71. The molecule has 3 aromatic heterocycles. The first kappa shape index (κ1) is 20.5. The van der Waals surface area contributed by atoms with Gasteiger partial charge in [0.2, 0.25) is 21.7 Å². The smallest absolute Gasteiger partial charge is 0.243 e. The molecule has 4 heterocycles. The number of piperidine rings is 1. The van der Waals surface area contributed by atoms with Crippen molar-refractivity contribution in [3.05, 3.63) is 53.9 Å². The van der Waals surface area contributed by atoms with Crippen LogP contribution >= 0.6 is 0 Å². The van der Waals surface area contributed by atoms with Crippen molar-refractivity contribution in [3.8, 4) is 17.3 Å². The normalized spacial score (nSPS) is 17.6. The van der Waals surface area contributed by atoms with Gasteiger partial charge in [-0.15, -0.1) is 5.10 Å². The van der Waals surface area contributed by atoms with Gasteiger partial charge in [-0.1, -0.05) is 5.16 Å². The van der Waals surface area contributed by atoms with Crippen LogP contribution < -0.4 is 0 Å². The zero-order chi connectivity index (χ0) is 22.3. The number of hydrogen-bond acceptors (Lipinski definition) is 9. The lowest BCUT2D eigenvalue weighted by Crippen LogP contribution is -2.39. The average molecular weight is 456 g/mol. The maximum Gasteiger partial charge on any atom is 0.243 e. The van der Waals surface area contributed by atoms with Crippen molar-refractivity contribution >= 4 is 10.0 Å². The summed E-state index contributed by atoms with van der Waals surface area (Å²) in [5.41, 5.74) is 1.47. The molecule has 1 fully saturated rings. The fraction of sp³-hybridized carbons (Fsp3) is 0.350. The van der Waals surface area contributed by atoms with Crippen LogP contribution in [0, 0.1) is 13.8 Å². The van der Waals surface area contributed by atoms with Gasteiger partial charge in [-0.2, -0.15) is 9.29 Å². The number of sulfonamides is 1. The molecule has 0 bridgehead atoms. The van der Waals surface area contributed by atoms with E-state index in [1.165, 1.54) is 15.3 Å². The van der Waals surface area contributed by atoms with Crippen molar-refractivity contribution < 1.29 is 17.4 Å². The molecule has 0 amide bonds. The van der Waals surface area contributed by atoms with Gasteiger partial charge < -0.3 is 8.94 Å². The van der Waals surface area contributed by atoms with Crippen LogP contribution in [0.2, 0.25) is 0 Å². The molecule has 1 aromatic carbocycles. The first-order chi connectivity index (χ1) is 15.4. The van der Waals surface area contributed by atoms with Crippen molar-refractivity contribution in [2.75, 3.05) is 13.1 Å². The van der Waals surface area contributed by atoms with E-state index in [2.05, 4.69) is 25.7 Å². The van der Waals surface area contributed by atoms with Gasteiger partial charge in [-0.3, -0.25) is 0 Å². The molecule has 1 aliphatic rings. The summed E-state index contributed by atoms with van der Waals surface area (Å²) >= 11 is 0. The van der Waals surface area contributed by atoms with E-state index in [-0.39, 0.29) is 17.4 Å². The van der Waals surface area contributed by atoms with E-state index in [0.29, 0.717) is 30.4 Å². The summed E-state index contributed by atoms with van der Waals surface area (Å²) in [6, 6.07) is 8.53. The highest BCUT2D eigenvalue weighted by Gasteiger charge is 2.34. The summed E-state index contributed by atoms with van der Waals surface area (Å²) in [7, 11) is -3.69. The number of rotatable bonds is 5. The zero-order valence-electron chi connectivity index (χ0n) is 17.5. The van der Waals surface area contributed by atoms with Crippen molar-refractivity contribution in [1.29, 1.82) is 0 Å². The third-order valence-electron chi connectivity index (χ3n) is 5.54. The molecule has 0 saturated carbocycles. The van der Waals surface area contributed by atoms with Gasteiger partial charge in [-0.05, 0) is 73.0 Å². The highest BCUT2D eigenvalue weighted by molar-refractivity contribution is 7.89. The van der Waals surface area contributed by atoms with E-state index in [0.717, 1.165) is 23.4 Å². The monoisotopic (exact) mass is 455 g/mol. The molecule has 1 atom stereocenters. The minimum atomic E-state index is -3.69. The lowest BCUT2D eigenvalue weighted by Gasteiger charge is -2.30. The third-order valence-corrected chi connectivity index (χ3v) is 7.40. The van der Waals surface area contributed by atoms with Crippen LogP contribution in [-0.2, 0) is 10.0 Å². The molecule has 32 heavy (non-hydrogen) atoms. The van der Waals surface area contributed by atoms with E-state index in [1.54, 1.807) is 24.3 Å². The highest BCUT2D eigenvalue weighted by Crippen LogP contribution is 2.31. The number of aromatic nitrogens is 6. The molecule has 1 saturated heterocycles. The Kier molecular flexibility index (Phi) is 5.10. The van der Waals surface area contributed by atoms with E-state index >= 15 is 0 Å². The van der Waals surface area contributed by atoms with Gasteiger partial charge in [0, 0.05) is 13.1 Å². The number of tetrazole rings is 1. The first-order valence-corrected chi connectivity index (χ1v) is 11.6. The molecular formula is C20H21N7O4S. The topological polar surface area (TPSA) is 133 Å². The minimum Gasteiger partial charge on any atom is -0.458 e. The van der Waals surface area contributed by atoms with Crippen LogP contribution in [-0.4, -0.2) is 56.2 Å². The SMILES string of the molecule is Cc1ccc(-c2noc([C@H]3CCCN(S(=O)(=O)c4ccc(-n5cnnn5)c(C)c4)C3)n2)o1. The Morgan fingerprint density at radius 1 is 1.16 bits per heavy atom. The minimum absolute atomic E-state index is 0.183. The van der Waals surface area contributed by atoms with Crippen molar-refractivity contribution in [2.45, 2.75) is 37.5 Å². The molecular weight excluding hydrogens is 434 g/mol. The zero-order valence-corrected chi connectivity index (χ0v) is 18.4. The Morgan fingerprint density at radius 2 is 2.03 bits per heavy atom. The fourth-order valence-electron chi connectivity index (χ4n) is 3.88. The average Bonchev–Trinajstić information content (AvgIpc) is 3.55. The Balaban J connectivity index is 1.37. The van der Waals surface area contributed by atoms with Gasteiger partial charge >= 0.3 is 0 Å². The number of benzene rings is 1. The van der Waals surface area contributed by atoms with E-state index in [4.69, 9.17) is 8.94 Å². The second-order valence-electron chi connectivity index (χ2n) is 7.77. The quantitative estimate of drug-likeness (QED) is 0.445. The van der Waals surface area contributed by atoms with Gasteiger partial charge in [0.05, 0.1) is 16.5 Å². The molecule has 166 valence electrons. The molecule has 1 aliphatic heterocycles. The van der Waals surface area contributed by atoms with Gasteiger partial charge in [0.15, 0.2) is 5.76 Å². The molecule has 4 aromatic rings. The maximum absolute atomic E-state index is 13.3. The Hall–Kier alpha value is -3.38. The lowest BCUT2D eigenvalue weighted by molar-refractivity contribution is 0.265. The van der Waals surface area contributed by atoms with Gasteiger partial charge in [-0.25, -0.2) is 13.1 Å². The number of aryl methyl sites for hydroxylation is 2. The number of nitrogens with zero attached hydrogens (tertiary/aromatic N) is 7. The summed E-state index contributed by atoms with van der Waals surface area (Å²) in [6.45, 7) is 4.37. The summed E-state index contributed by atoms with van der Waals surface area (Å²) in [4.78, 5) is 4.67. The predicted octanol–water partition coefficient (Wildman–Crippen LogP) is 2.49. The molecule has 5 rings (SSSR count). The highest BCUT2D eigenvalue weighted by atomic mass is 32.2. The summed E-state index contributed by atoms with van der Waals surface area (Å²) < 4.78 is 40.6. The second kappa shape index (κ2) is 7.95. The fourth-order valence-corrected chi connectivity index (χ4v) is 5.49.